The van der Waals surface area contributed by atoms with E-state index in [0.29, 0.717) is 0 Å². The van der Waals surface area contributed by atoms with Gasteiger partial charge < -0.3 is 11.1 Å². The van der Waals surface area contributed by atoms with Gasteiger partial charge in [0, 0.05) is 6.04 Å². The van der Waals surface area contributed by atoms with Crippen molar-refractivity contribution in [3.63, 3.8) is 0 Å². The molecular weight excluding hydrogens is 256 g/mol. The minimum Gasteiger partial charge on any atom is -0.351 e. The summed E-state index contributed by atoms with van der Waals surface area (Å²) in [7, 11) is 0. The molecule has 0 spiro atoms. The largest absolute Gasteiger partial charge is 0.351 e. The summed E-state index contributed by atoms with van der Waals surface area (Å²) in [5.41, 5.74) is 6.48. The first-order valence-corrected chi connectivity index (χ1v) is 8.75. The third-order valence-electron chi connectivity index (χ3n) is 5.53. The van der Waals surface area contributed by atoms with Gasteiger partial charge in [-0.15, -0.1) is 0 Å². The van der Waals surface area contributed by atoms with Crippen molar-refractivity contribution in [2.45, 2.75) is 58.5 Å². The third-order valence-corrected chi connectivity index (χ3v) is 6.17. The second kappa shape index (κ2) is 5.28. The standard InChI is InChI=1S/C15H28N2OS/c1-14(2)10-5-7-15(3,9-10)13(14)17-12(18)11(16)6-8-19-4/h10-11,13H,5-9,16H2,1-4H3,(H,17,18)/t10?,11-,13?,15?/m0/s1. The first-order chi connectivity index (χ1) is 8.81. The van der Waals surface area contributed by atoms with Crippen LogP contribution >= 0.6 is 11.8 Å². The van der Waals surface area contributed by atoms with Crippen LogP contribution in [0.25, 0.3) is 0 Å². The van der Waals surface area contributed by atoms with Crippen molar-refractivity contribution in [3.8, 4) is 0 Å². The van der Waals surface area contributed by atoms with Crippen molar-refractivity contribution in [2.24, 2.45) is 22.5 Å². The zero-order valence-electron chi connectivity index (χ0n) is 12.7. The van der Waals surface area contributed by atoms with Crippen LogP contribution in [0.2, 0.25) is 0 Å². The van der Waals surface area contributed by atoms with Gasteiger partial charge in [0.05, 0.1) is 6.04 Å². The molecular formula is C15H28N2OS. The molecule has 0 aliphatic heterocycles. The summed E-state index contributed by atoms with van der Waals surface area (Å²) in [6, 6.07) is -0.0717. The number of fused-ring (bicyclic) bond motifs is 2. The third kappa shape index (κ3) is 2.66. The maximum absolute atomic E-state index is 12.3. The highest BCUT2D eigenvalue weighted by Gasteiger charge is 2.59. The van der Waals surface area contributed by atoms with Crippen molar-refractivity contribution in [1.82, 2.24) is 5.32 Å². The summed E-state index contributed by atoms with van der Waals surface area (Å²) in [6.07, 6.45) is 6.62. The van der Waals surface area contributed by atoms with Gasteiger partial charge in [-0.1, -0.05) is 20.8 Å². The van der Waals surface area contributed by atoms with Crippen LogP contribution in [0, 0.1) is 16.7 Å². The van der Waals surface area contributed by atoms with E-state index in [-0.39, 0.29) is 28.8 Å². The normalized spacial score (nSPS) is 37.3. The van der Waals surface area contributed by atoms with Gasteiger partial charge >= 0.3 is 0 Å². The molecule has 2 aliphatic carbocycles. The molecule has 4 heteroatoms. The zero-order valence-corrected chi connectivity index (χ0v) is 13.5. The van der Waals surface area contributed by atoms with Crippen LogP contribution in [0.1, 0.15) is 46.5 Å². The Kier molecular flexibility index (Phi) is 4.22. The molecule has 2 rings (SSSR count). The van der Waals surface area contributed by atoms with Gasteiger partial charge in [-0.25, -0.2) is 0 Å². The maximum atomic E-state index is 12.3. The Morgan fingerprint density at radius 3 is 2.68 bits per heavy atom. The summed E-state index contributed by atoms with van der Waals surface area (Å²) >= 11 is 1.74. The number of nitrogens with one attached hydrogen (secondary N) is 1. The first kappa shape index (κ1) is 15.2. The zero-order chi connectivity index (χ0) is 14.3. The van der Waals surface area contributed by atoms with Crippen LogP contribution in [0.15, 0.2) is 0 Å². The fourth-order valence-corrected chi connectivity index (χ4v) is 4.78. The van der Waals surface area contributed by atoms with Gasteiger partial charge in [0.2, 0.25) is 5.91 Å². The molecule has 3 nitrogen and oxygen atoms in total. The predicted molar refractivity (Wildman–Crippen MR) is 82.1 cm³/mol. The topological polar surface area (TPSA) is 55.1 Å². The van der Waals surface area contributed by atoms with Gasteiger partial charge in [-0.3, -0.25) is 4.79 Å². The molecule has 2 aliphatic rings. The summed E-state index contributed by atoms with van der Waals surface area (Å²) < 4.78 is 0. The summed E-state index contributed by atoms with van der Waals surface area (Å²) in [5.74, 6) is 1.74. The molecule has 3 N–H and O–H groups in total. The molecule has 3 unspecified atom stereocenters. The monoisotopic (exact) mass is 284 g/mol. The van der Waals surface area contributed by atoms with Crippen molar-refractivity contribution in [2.75, 3.05) is 12.0 Å². The number of hydrogen-bond donors (Lipinski definition) is 2. The fourth-order valence-electron chi connectivity index (χ4n) is 4.29. The SMILES string of the molecule is CSCC[C@H](N)C(=O)NC1C2(C)CCC(C2)C1(C)C. The molecule has 2 bridgehead atoms. The van der Waals surface area contributed by atoms with Crippen LogP contribution in [0.4, 0.5) is 0 Å². The Morgan fingerprint density at radius 1 is 1.47 bits per heavy atom. The van der Waals surface area contributed by atoms with Gasteiger partial charge in [-0.05, 0) is 54.4 Å². The quantitative estimate of drug-likeness (QED) is 0.815. The van der Waals surface area contributed by atoms with Gasteiger partial charge in [0.1, 0.15) is 0 Å². The van der Waals surface area contributed by atoms with E-state index in [9.17, 15) is 4.79 Å². The number of hydrogen-bond acceptors (Lipinski definition) is 3. The highest BCUT2D eigenvalue weighted by Crippen LogP contribution is 2.62. The van der Waals surface area contributed by atoms with E-state index in [1.165, 1.54) is 19.3 Å². The number of carbonyl (C=O) groups is 1. The molecule has 0 aromatic carbocycles. The van der Waals surface area contributed by atoms with Crippen LogP contribution in [-0.4, -0.2) is 30.0 Å². The molecule has 4 atom stereocenters. The van der Waals surface area contributed by atoms with E-state index >= 15 is 0 Å². The Balaban J connectivity index is 2.00. The van der Waals surface area contributed by atoms with E-state index < -0.39 is 0 Å². The van der Waals surface area contributed by atoms with Crippen LogP contribution < -0.4 is 11.1 Å². The lowest BCUT2D eigenvalue weighted by Crippen LogP contribution is -2.56. The van der Waals surface area contributed by atoms with Gasteiger partial charge in [0.15, 0.2) is 0 Å². The van der Waals surface area contributed by atoms with Crippen molar-refractivity contribution >= 4 is 17.7 Å². The van der Waals surface area contributed by atoms with Crippen LogP contribution in [-0.2, 0) is 4.79 Å². The lowest BCUT2D eigenvalue weighted by Gasteiger charge is -2.43. The Hall–Kier alpha value is -0.220. The highest BCUT2D eigenvalue weighted by atomic mass is 32.2. The molecule has 19 heavy (non-hydrogen) atoms. The van der Waals surface area contributed by atoms with E-state index in [0.717, 1.165) is 18.1 Å². The second-order valence-electron chi connectivity index (χ2n) is 7.24. The summed E-state index contributed by atoms with van der Waals surface area (Å²) in [5, 5.41) is 3.28. The molecule has 0 aromatic heterocycles. The maximum Gasteiger partial charge on any atom is 0.237 e. The van der Waals surface area contributed by atoms with E-state index in [4.69, 9.17) is 5.73 Å². The number of nitrogens with two attached hydrogens (primary N) is 1. The fraction of sp³-hybridized carbons (Fsp3) is 0.933. The highest BCUT2D eigenvalue weighted by molar-refractivity contribution is 7.98. The number of amides is 1. The Morgan fingerprint density at radius 2 is 2.16 bits per heavy atom. The molecule has 1 amide bonds. The first-order valence-electron chi connectivity index (χ1n) is 7.36. The second-order valence-corrected chi connectivity index (χ2v) is 8.23. The molecule has 0 radical (unpaired) electrons. The molecule has 0 heterocycles. The van der Waals surface area contributed by atoms with Gasteiger partial charge in [-0.2, -0.15) is 11.8 Å². The molecule has 110 valence electrons. The van der Waals surface area contributed by atoms with Gasteiger partial charge in [0.25, 0.3) is 0 Å². The van der Waals surface area contributed by atoms with E-state index in [2.05, 4.69) is 26.1 Å². The lowest BCUT2D eigenvalue weighted by atomic mass is 9.68. The van der Waals surface area contributed by atoms with Crippen molar-refractivity contribution in [1.29, 1.82) is 0 Å². The molecule has 2 saturated carbocycles. The number of rotatable bonds is 5. The predicted octanol–water partition coefficient (Wildman–Crippen LogP) is 2.40. The molecule has 0 saturated heterocycles. The number of thioether (sulfide) groups is 1. The van der Waals surface area contributed by atoms with Crippen molar-refractivity contribution < 1.29 is 4.79 Å². The average molecular weight is 284 g/mol. The summed E-state index contributed by atoms with van der Waals surface area (Å²) in [4.78, 5) is 12.3. The van der Waals surface area contributed by atoms with Crippen molar-refractivity contribution in [3.05, 3.63) is 0 Å². The molecule has 0 aromatic rings. The summed E-state index contributed by atoms with van der Waals surface area (Å²) in [6.45, 7) is 6.95. The lowest BCUT2D eigenvalue weighted by molar-refractivity contribution is -0.125. The number of carbonyl (C=O) groups excluding carboxylic acids is 1. The Bertz CT molecular complexity index is 353. The van der Waals surface area contributed by atoms with E-state index in [1.54, 1.807) is 11.8 Å². The minimum atomic E-state index is -0.356. The van der Waals surface area contributed by atoms with E-state index in [1.807, 2.05) is 6.26 Å². The average Bonchev–Trinajstić information content (AvgIpc) is 2.82. The minimum absolute atomic E-state index is 0.0425. The van der Waals surface area contributed by atoms with Crippen LogP contribution in [0.3, 0.4) is 0 Å². The Labute approximate surface area is 121 Å². The molecule has 2 fully saturated rings. The smallest absolute Gasteiger partial charge is 0.237 e. The van der Waals surface area contributed by atoms with Crippen LogP contribution in [0.5, 0.6) is 0 Å².